The monoisotopic (exact) mass is 293 g/mol. The summed E-state index contributed by atoms with van der Waals surface area (Å²) < 4.78 is 0. The van der Waals surface area contributed by atoms with Crippen molar-refractivity contribution in [3.05, 3.63) is 23.8 Å². The van der Waals surface area contributed by atoms with Gasteiger partial charge in [-0.3, -0.25) is 5.41 Å². The molecule has 0 bridgehead atoms. The summed E-state index contributed by atoms with van der Waals surface area (Å²) >= 11 is 1.70. The molecule has 20 heavy (non-hydrogen) atoms. The van der Waals surface area contributed by atoms with Gasteiger partial charge in [-0.2, -0.15) is 0 Å². The van der Waals surface area contributed by atoms with Crippen molar-refractivity contribution in [2.24, 2.45) is 5.73 Å². The molecular weight excluding hydrogens is 270 g/mol. The number of hydrogen-bond acceptors (Lipinski definition) is 4. The van der Waals surface area contributed by atoms with Gasteiger partial charge in [0.25, 0.3) is 0 Å². The van der Waals surface area contributed by atoms with Crippen LogP contribution in [0.1, 0.15) is 32.3 Å². The summed E-state index contributed by atoms with van der Waals surface area (Å²) in [4.78, 5) is 3.20. The van der Waals surface area contributed by atoms with Crippen LogP contribution in [-0.2, 0) is 0 Å². The molecular formula is C15H23N3OS. The molecule has 1 aliphatic rings. The van der Waals surface area contributed by atoms with Gasteiger partial charge in [0.1, 0.15) is 5.84 Å². The van der Waals surface area contributed by atoms with E-state index >= 15 is 0 Å². The summed E-state index contributed by atoms with van der Waals surface area (Å²) in [6.45, 7) is 5.45. The van der Waals surface area contributed by atoms with Crippen LogP contribution in [0.25, 0.3) is 0 Å². The Hall–Kier alpha value is -1.20. The van der Waals surface area contributed by atoms with Crippen molar-refractivity contribution in [1.29, 1.82) is 5.41 Å². The first kappa shape index (κ1) is 15.2. The zero-order valence-electron chi connectivity index (χ0n) is 12.1. The Kier molecular flexibility index (Phi) is 4.60. The van der Waals surface area contributed by atoms with Crippen LogP contribution in [0.15, 0.2) is 23.1 Å². The molecule has 0 spiro atoms. The molecule has 0 saturated carbocycles. The number of piperidine rings is 1. The number of amidine groups is 1. The third-order valence-electron chi connectivity index (χ3n) is 3.59. The van der Waals surface area contributed by atoms with Gasteiger partial charge in [0.2, 0.25) is 0 Å². The van der Waals surface area contributed by atoms with E-state index in [1.807, 2.05) is 25.1 Å². The van der Waals surface area contributed by atoms with Crippen LogP contribution < -0.4 is 10.6 Å². The van der Waals surface area contributed by atoms with E-state index in [1.54, 1.807) is 11.8 Å². The number of nitrogens with zero attached hydrogens (tertiary/aromatic N) is 1. The number of nitrogen functional groups attached to an aromatic ring is 1. The highest BCUT2D eigenvalue weighted by Gasteiger charge is 2.30. The third kappa shape index (κ3) is 3.27. The van der Waals surface area contributed by atoms with Gasteiger partial charge in [0.05, 0.1) is 11.2 Å². The highest BCUT2D eigenvalue weighted by molar-refractivity contribution is 7.99. The van der Waals surface area contributed by atoms with E-state index < -0.39 is 5.60 Å². The van der Waals surface area contributed by atoms with Crippen molar-refractivity contribution < 1.29 is 5.11 Å². The van der Waals surface area contributed by atoms with Gasteiger partial charge >= 0.3 is 0 Å². The quantitative estimate of drug-likeness (QED) is 0.453. The number of anilines is 1. The van der Waals surface area contributed by atoms with Gasteiger partial charge in [0.15, 0.2) is 0 Å². The minimum atomic E-state index is -0.666. The summed E-state index contributed by atoms with van der Waals surface area (Å²) in [7, 11) is 0. The highest BCUT2D eigenvalue weighted by atomic mass is 32.2. The van der Waals surface area contributed by atoms with Crippen molar-refractivity contribution in [1.82, 2.24) is 0 Å². The molecule has 1 aromatic rings. The van der Waals surface area contributed by atoms with E-state index in [0.717, 1.165) is 41.3 Å². The van der Waals surface area contributed by atoms with Crippen molar-refractivity contribution in [3.8, 4) is 0 Å². The van der Waals surface area contributed by atoms with Crippen LogP contribution in [0.3, 0.4) is 0 Å². The van der Waals surface area contributed by atoms with Gasteiger partial charge < -0.3 is 15.7 Å². The molecule has 0 radical (unpaired) electrons. The maximum Gasteiger partial charge on any atom is 0.126 e. The molecule has 1 saturated heterocycles. The van der Waals surface area contributed by atoms with E-state index in [1.165, 1.54) is 0 Å². The summed E-state index contributed by atoms with van der Waals surface area (Å²) in [5, 5.41) is 18.2. The van der Waals surface area contributed by atoms with E-state index in [0.29, 0.717) is 6.54 Å². The van der Waals surface area contributed by atoms with Crippen LogP contribution in [0.5, 0.6) is 0 Å². The second-order valence-corrected chi connectivity index (χ2v) is 6.82. The molecule has 1 heterocycles. The standard InChI is InChI=1S/C15H23N3OS/c1-3-20-12-7-4-6-11(13(12)14(16)17)18-9-5-8-15(2,19)10-18/h4,6-7,19H,3,5,8-10H2,1-2H3,(H3,16,17). The fraction of sp³-hybridized carbons (Fsp3) is 0.533. The lowest BCUT2D eigenvalue weighted by Gasteiger charge is -2.39. The fourth-order valence-electron chi connectivity index (χ4n) is 2.76. The molecule has 1 atom stereocenters. The van der Waals surface area contributed by atoms with E-state index in [4.69, 9.17) is 11.1 Å². The largest absolute Gasteiger partial charge is 0.388 e. The van der Waals surface area contributed by atoms with Crippen LogP contribution in [0, 0.1) is 5.41 Å². The lowest BCUT2D eigenvalue weighted by molar-refractivity contribution is 0.0449. The molecule has 4 nitrogen and oxygen atoms in total. The molecule has 0 aliphatic carbocycles. The van der Waals surface area contributed by atoms with Crippen LogP contribution in [0.4, 0.5) is 5.69 Å². The predicted molar refractivity (Wildman–Crippen MR) is 85.9 cm³/mol. The zero-order chi connectivity index (χ0) is 14.8. The number of thioether (sulfide) groups is 1. The number of β-amino-alcohol motifs (C(OH)–C–C–N with tert-alkyl or cyclic N) is 1. The number of rotatable bonds is 4. The van der Waals surface area contributed by atoms with E-state index in [9.17, 15) is 5.11 Å². The molecule has 110 valence electrons. The number of nitrogens with two attached hydrogens (primary N) is 1. The summed E-state index contributed by atoms with van der Waals surface area (Å²) in [6.07, 6.45) is 1.78. The minimum Gasteiger partial charge on any atom is -0.388 e. The molecule has 2 rings (SSSR count). The average molecular weight is 293 g/mol. The predicted octanol–water partition coefficient (Wildman–Crippen LogP) is 2.43. The number of aliphatic hydroxyl groups is 1. The first-order valence-electron chi connectivity index (χ1n) is 7.02. The van der Waals surface area contributed by atoms with Crippen molar-refractivity contribution >= 4 is 23.3 Å². The normalized spacial score (nSPS) is 22.9. The molecule has 1 fully saturated rings. The Morgan fingerprint density at radius 3 is 2.90 bits per heavy atom. The van der Waals surface area contributed by atoms with Gasteiger partial charge in [0, 0.05) is 23.7 Å². The molecule has 0 aromatic heterocycles. The van der Waals surface area contributed by atoms with Gasteiger partial charge in [-0.25, -0.2) is 0 Å². The van der Waals surface area contributed by atoms with E-state index in [2.05, 4.69) is 11.8 Å². The van der Waals surface area contributed by atoms with Crippen LogP contribution in [-0.4, -0.2) is 35.4 Å². The van der Waals surface area contributed by atoms with Gasteiger partial charge in [-0.05, 0) is 37.7 Å². The number of nitrogens with one attached hydrogen (secondary N) is 1. The maximum atomic E-state index is 10.3. The molecule has 1 aliphatic heterocycles. The van der Waals surface area contributed by atoms with Gasteiger partial charge in [-0.15, -0.1) is 11.8 Å². The minimum absolute atomic E-state index is 0.0989. The molecule has 0 amide bonds. The molecule has 1 unspecified atom stereocenters. The smallest absolute Gasteiger partial charge is 0.126 e. The maximum absolute atomic E-state index is 10.3. The van der Waals surface area contributed by atoms with Crippen molar-refractivity contribution in [2.45, 2.75) is 37.2 Å². The Labute approximate surface area is 124 Å². The highest BCUT2D eigenvalue weighted by Crippen LogP contribution is 2.33. The SMILES string of the molecule is CCSc1cccc(N2CCCC(C)(O)C2)c1C(=N)N. The van der Waals surface area contributed by atoms with Crippen LogP contribution >= 0.6 is 11.8 Å². The number of hydrogen-bond donors (Lipinski definition) is 3. The van der Waals surface area contributed by atoms with Gasteiger partial charge in [-0.1, -0.05) is 13.0 Å². The van der Waals surface area contributed by atoms with Crippen LogP contribution in [0.2, 0.25) is 0 Å². The zero-order valence-corrected chi connectivity index (χ0v) is 13.0. The van der Waals surface area contributed by atoms with Crippen molar-refractivity contribution in [3.63, 3.8) is 0 Å². The summed E-state index contributed by atoms with van der Waals surface area (Å²) in [6, 6.07) is 6.01. The Morgan fingerprint density at radius 2 is 2.30 bits per heavy atom. The Balaban J connectivity index is 2.40. The van der Waals surface area contributed by atoms with Crippen molar-refractivity contribution in [2.75, 3.05) is 23.7 Å². The topological polar surface area (TPSA) is 73.3 Å². The second kappa shape index (κ2) is 6.06. The Morgan fingerprint density at radius 1 is 1.55 bits per heavy atom. The second-order valence-electron chi connectivity index (χ2n) is 5.52. The summed E-state index contributed by atoms with van der Waals surface area (Å²) in [5.74, 6) is 1.04. The Bertz CT molecular complexity index is 502. The first-order chi connectivity index (χ1) is 9.44. The fourth-order valence-corrected chi connectivity index (χ4v) is 3.60. The number of benzene rings is 1. The molecule has 4 N–H and O–H groups in total. The van der Waals surface area contributed by atoms with E-state index in [-0.39, 0.29) is 5.84 Å². The lowest BCUT2D eigenvalue weighted by atomic mass is 9.94. The molecule has 5 heteroatoms. The summed E-state index contributed by atoms with van der Waals surface area (Å²) in [5.41, 5.74) is 6.91. The third-order valence-corrected chi connectivity index (χ3v) is 4.53. The first-order valence-corrected chi connectivity index (χ1v) is 8.00. The average Bonchev–Trinajstić information content (AvgIpc) is 2.37. The lowest BCUT2D eigenvalue weighted by Crippen LogP contribution is -2.46. The molecule has 1 aromatic carbocycles.